The molecule has 0 aliphatic carbocycles. The Kier molecular flexibility index (Phi) is 3.34. The summed E-state index contributed by atoms with van der Waals surface area (Å²) in [6.07, 6.45) is -4.50. The maximum atomic E-state index is 11.6. The van der Waals surface area contributed by atoms with Crippen molar-refractivity contribution in [1.82, 2.24) is 10.6 Å². The highest BCUT2D eigenvalue weighted by Crippen LogP contribution is 2.20. The van der Waals surface area contributed by atoms with Crippen molar-refractivity contribution in [3.63, 3.8) is 0 Å². The lowest BCUT2D eigenvalue weighted by Crippen LogP contribution is -2.55. The zero-order chi connectivity index (χ0) is 9.03. The SMILES string of the molecule is FC(F)(F)CCCNC1CNC1. The Labute approximate surface area is 69.5 Å². The van der Waals surface area contributed by atoms with Crippen LogP contribution in [-0.4, -0.2) is 31.9 Å². The quantitative estimate of drug-likeness (QED) is 0.631. The van der Waals surface area contributed by atoms with Crippen molar-refractivity contribution in [3.8, 4) is 0 Å². The predicted octanol–water partition coefficient (Wildman–Crippen LogP) is 0.890. The Morgan fingerprint density at radius 3 is 2.42 bits per heavy atom. The second-order valence-electron chi connectivity index (χ2n) is 3.03. The topological polar surface area (TPSA) is 24.1 Å². The fraction of sp³-hybridized carbons (Fsp3) is 1.00. The van der Waals surface area contributed by atoms with Crippen LogP contribution in [0.15, 0.2) is 0 Å². The van der Waals surface area contributed by atoms with Crippen LogP contribution in [0.4, 0.5) is 13.2 Å². The number of nitrogens with one attached hydrogen (secondary N) is 2. The van der Waals surface area contributed by atoms with Crippen LogP contribution in [0.2, 0.25) is 0 Å². The summed E-state index contributed by atoms with van der Waals surface area (Å²) in [5, 5.41) is 6.06. The van der Waals surface area contributed by atoms with Crippen LogP contribution in [0.3, 0.4) is 0 Å². The van der Waals surface area contributed by atoms with Gasteiger partial charge in [0.1, 0.15) is 0 Å². The van der Waals surface area contributed by atoms with Crippen LogP contribution in [0.25, 0.3) is 0 Å². The number of alkyl halides is 3. The molecule has 5 heteroatoms. The first kappa shape index (κ1) is 9.80. The maximum Gasteiger partial charge on any atom is 0.389 e. The average Bonchev–Trinajstić information content (AvgIpc) is 1.80. The van der Waals surface area contributed by atoms with Crippen molar-refractivity contribution in [2.24, 2.45) is 0 Å². The molecule has 1 heterocycles. The van der Waals surface area contributed by atoms with Crippen molar-refractivity contribution < 1.29 is 13.2 Å². The first-order valence-electron chi connectivity index (χ1n) is 4.09. The van der Waals surface area contributed by atoms with Crippen LogP contribution in [0, 0.1) is 0 Å². The van der Waals surface area contributed by atoms with Gasteiger partial charge in [0.15, 0.2) is 0 Å². The van der Waals surface area contributed by atoms with Gasteiger partial charge in [0, 0.05) is 25.6 Å². The van der Waals surface area contributed by atoms with Gasteiger partial charge in [-0.15, -0.1) is 0 Å². The highest BCUT2D eigenvalue weighted by Gasteiger charge is 2.26. The minimum absolute atomic E-state index is 0.181. The van der Waals surface area contributed by atoms with Crippen molar-refractivity contribution in [2.45, 2.75) is 25.1 Å². The van der Waals surface area contributed by atoms with Crippen molar-refractivity contribution >= 4 is 0 Å². The van der Waals surface area contributed by atoms with E-state index >= 15 is 0 Å². The van der Waals surface area contributed by atoms with E-state index in [0.29, 0.717) is 12.6 Å². The second-order valence-corrected chi connectivity index (χ2v) is 3.03. The molecule has 0 spiro atoms. The highest BCUT2D eigenvalue weighted by atomic mass is 19.4. The summed E-state index contributed by atoms with van der Waals surface area (Å²) in [6.45, 7) is 2.23. The first-order valence-corrected chi connectivity index (χ1v) is 4.09. The lowest BCUT2D eigenvalue weighted by molar-refractivity contribution is -0.135. The Bertz CT molecular complexity index is 131. The standard InChI is InChI=1S/C7H13F3N2/c8-7(9,10)2-1-3-12-6-4-11-5-6/h6,11-12H,1-5H2. The van der Waals surface area contributed by atoms with Crippen LogP contribution < -0.4 is 10.6 Å². The Morgan fingerprint density at radius 2 is 2.00 bits per heavy atom. The van der Waals surface area contributed by atoms with E-state index in [1.807, 2.05) is 0 Å². The largest absolute Gasteiger partial charge is 0.389 e. The molecule has 0 aromatic rings. The third kappa shape index (κ3) is 3.92. The van der Waals surface area contributed by atoms with Gasteiger partial charge < -0.3 is 10.6 Å². The van der Waals surface area contributed by atoms with Crippen molar-refractivity contribution in [3.05, 3.63) is 0 Å². The molecular formula is C7H13F3N2. The number of hydrogen-bond acceptors (Lipinski definition) is 2. The van der Waals surface area contributed by atoms with E-state index < -0.39 is 12.6 Å². The van der Waals surface area contributed by atoms with Gasteiger partial charge in [-0.2, -0.15) is 13.2 Å². The van der Waals surface area contributed by atoms with Crippen LogP contribution in [0.1, 0.15) is 12.8 Å². The predicted molar refractivity (Wildman–Crippen MR) is 39.9 cm³/mol. The number of hydrogen-bond donors (Lipinski definition) is 2. The molecule has 1 aliphatic heterocycles. The van der Waals surface area contributed by atoms with Gasteiger partial charge in [-0.1, -0.05) is 0 Å². The molecule has 1 aliphatic rings. The van der Waals surface area contributed by atoms with Gasteiger partial charge in [-0.25, -0.2) is 0 Å². The van der Waals surface area contributed by atoms with E-state index in [0.717, 1.165) is 13.1 Å². The van der Waals surface area contributed by atoms with E-state index in [-0.39, 0.29) is 6.42 Å². The minimum atomic E-state index is -4.00. The van der Waals surface area contributed by atoms with Gasteiger partial charge in [-0.3, -0.25) is 0 Å². The molecule has 0 atom stereocenters. The van der Waals surface area contributed by atoms with Gasteiger partial charge in [0.05, 0.1) is 0 Å². The molecule has 1 saturated heterocycles. The number of rotatable bonds is 4. The van der Waals surface area contributed by atoms with Crippen molar-refractivity contribution in [2.75, 3.05) is 19.6 Å². The van der Waals surface area contributed by atoms with Crippen LogP contribution >= 0.6 is 0 Å². The van der Waals surface area contributed by atoms with Crippen LogP contribution in [-0.2, 0) is 0 Å². The average molecular weight is 182 g/mol. The molecule has 0 bridgehead atoms. The zero-order valence-corrected chi connectivity index (χ0v) is 6.75. The molecule has 1 rings (SSSR count). The maximum absolute atomic E-state index is 11.6. The monoisotopic (exact) mass is 182 g/mol. The van der Waals surface area contributed by atoms with E-state index in [2.05, 4.69) is 10.6 Å². The molecular weight excluding hydrogens is 169 g/mol. The molecule has 72 valence electrons. The van der Waals surface area contributed by atoms with E-state index in [1.54, 1.807) is 0 Å². The Balaban J connectivity index is 1.88. The molecule has 1 fully saturated rings. The smallest absolute Gasteiger partial charge is 0.314 e. The molecule has 0 saturated carbocycles. The Morgan fingerprint density at radius 1 is 1.33 bits per heavy atom. The molecule has 2 N–H and O–H groups in total. The van der Waals surface area contributed by atoms with Gasteiger partial charge in [0.25, 0.3) is 0 Å². The zero-order valence-electron chi connectivity index (χ0n) is 6.75. The highest BCUT2D eigenvalue weighted by molar-refractivity contribution is 4.81. The van der Waals surface area contributed by atoms with Crippen molar-refractivity contribution in [1.29, 1.82) is 0 Å². The molecule has 0 amide bonds. The summed E-state index contributed by atoms with van der Waals surface area (Å²) in [5.41, 5.74) is 0. The fourth-order valence-corrected chi connectivity index (χ4v) is 1.03. The third-order valence-electron chi connectivity index (χ3n) is 1.85. The number of halogens is 3. The Hall–Kier alpha value is -0.290. The second kappa shape index (κ2) is 4.09. The lowest BCUT2D eigenvalue weighted by atomic mass is 10.2. The molecule has 12 heavy (non-hydrogen) atoms. The van der Waals surface area contributed by atoms with E-state index in [9.17, 15) is 13.2 Å². The minimum Gasteiger partial charge on any atom is -0.314 e. The summed E-state index contributed by atoms with van der Waals surface area (Å²) in [7, 11) is 0. The summed E-state index contributed by atoms with van der Waals surface area (Å²) >= 11 is 0. The molecule has 2 nitrogen and oxygen atoms in total. The van der Waals surface area contributed by atoms with E-state index in [1.165, 1.54) is 0 Å². The molecule has 0 radical (unpaired) electrons. The summed E-state index contributed by atoms with van der Waals surface area (Å²) < 4.78 is 34.9. The summed E-state index contributed by atoms with van der Waals surface area (Å²) in [6, 6.07) is 0.387. The van der Waals surface area contributed by atoms with E-state index in [4.69, 9.17) is 0 Å². The molecule has 0 aromatic carbocycles. The normalized spacial score (nSPS) is 19.2. The third-order valence-corrected chi connectivity index (χ3v) is 1.85. The lowest BCUT2D eigenvalue weighted by Gasteiger charge is -2.28. The van der Waals surface area contributed by atoms with Crippen LogP contribution in [0.5, 0.6) is 0 Å². The first-order chi connectivity index (χ1) is 5.58. The van der Waals surface area contributed by atoms with Gasteiger partial charge in [0.2, 0.25) is 0 Å². The molecule has 0 aromatic heterocycles. The summed E-state index contributed by atoms with van der Waals surface area (Å²) in [5.74, 6) is 0. The van der Waals surface area contributed by atoms with Gasteiger partial charge >= 0.3 is 6.18 Å². The summed E-state index contributed by atoms with van der Waals surface area (Å²) in [4.78, 5) is 0. The van der Waals surface area contributed by atoms with Gasteiger partial charge in [-0.05, 0) is 13.0 Å². The fourth-order valence-electron chi connectivity index (χ4n) is 1.03. The molecule has 0 unspecified atom stereocenters.